The zero-order valence-electron chi connectivity index (χ0n) is 15.2. The first-order valence-corrected chi connectivity index (χ1v) is 8.67. The molecular formula is C23H20N2O. The topological polar surface area (TPSA) is 20.7 Å². The molecule has 0 aliphatic rings. The van der Waals surface area contributed by atoms with Gasteiger partial charge in [0.15, 0.2) is 5.69 Å². The Morgan fingerprint density at radius 2 is 1.54 bits per heavy atom. The summed E-state index contributed by atoms with van der Waals surface area (Å²) in [5, 5.41) is 2.23. The number of hydrogen-bond donors (Lipinski definition) is 0. The number of rotatable bonds is 2. The Morgan fingerprint density at radius 1 is 0.846 bits per heavy atom. The van der Waals surface area contributed by atoms with E-state index in [2.05, 4.69) is 42.6 Å². The van der Waals surface area contributed by atoms with Crippen molar-refractivity contribution in [1.82, 2.24) is 0 Å². The van der Waals surface area contributed by atoms with Crippen molar-refractivity contribution in [3.8, 4) is 0 Å². The van der Waals surface area contributed by atoms with Crippen LogP contribution in [0.5, 0.6) is 0 Å². The average Bonchev–Trinajstić information content (AvgIpc) is 3.01. The van der Waals surface area contributed by atoms with Crippen LogP contribution < -0.4 is 4.90 Å². The Morgan fingerprint density at radius 3 is 2.23 bits per heavy atom. The van der Waals surface area contributed by atoms with Crippen molar-refractivity contribution >= 4 is 39.0 Å². The van der Waals surface area contributed by atoms with E-state index in [9.17, 15) is 0 Å². The Labute approximate surface area is 153 Å². The van der Waals surface area contributed by atoms with Gasteiger partial charge in [-0.25, -0.2) is 4.85 Å². The second-order valence-electron chi connectivity index (χ2n) is 7.38. The molecule has 0 radical (unpaired) electrons. The highest BCUT2D eigenvalue weighted by molar-refractivity contribution is 6.12. The van der Waals surface area contributed by atoms with Crippen LogP contribution in [0.15, 0.2) is 71.1 Å². The molecule has 3 aromatic carbocycles. The van der Waals surface area contributed by atoms with Gasteiger partial charge in [-0.05, 0) is 51.1 Å². The molecule has 26 heavy (non-hydrogen) atoms. The van der Waals surface area contributed by atoms with E-state index in [1.54, 1.807) is 0 Å². The van der Waals surface area contributed by atoms with E-state index < -0.39 is 0 Å². The van der Waals surface area contributed by atoms with E-state index in [1.807, 2.05) is 54.6 Å². The maximum Gasteiger partial charge on any atom is 0.187 e. The monoisotopic (exact) mass is 340 g/mol. The Hall–Kier alpha value is -3.25. The zero-order chi connectivity index (χ0) is 18.3. The average molecular weight is 340 g/mol. The van der Waals surface area contributed by atoms with E-state index in [-0.39, 0.29) is 5.54 Å². The van der Waals surface area contributed by atoms with Crippen LogP contribution in [-0.2, 0) is 0 Å². The van der Waals surface area contributed by atoms with Gasteiger partial charge in [-0.15, -0.1) is 0 Å². The van der Waals surface area contributed by atoms with Gasteiger partial charge in [-0.1, -0.05) is 36.4 Å². The van der Waals surface area contributed by atoms with E-state index in [0.717, 1.165) is 33.3 Å². The molecule has 3 heteroatoms. The van der Waals surface area contributed by atoms with Crippen molar-refractivity contribution in [2.24, 2.45) is 0 Å². The molecule has 3 nitrogen and oxygen atoms in total. The molecule has 0 bridgehead atoms. The molecule has 0 aliphatic carbocycles. The Kier molecular flexibility index (Phi) is 3.70. The van der Waals surface area contributed by atoms with Gasteiger partial charge >= 0.3 is 0 Å². The molecule has 4 aromatic rings. The van der Waals surface area contributed by atoms with Gasteiger partial charge in [0.1, 0.15) is 11.2 Å². The van der Waals surface area contributed by atoms with Gasteiger partial charge in [0.25, 0.3) is 0 Å². The minimum atomic E-state index is -0.147. The van der Waals surface area contributed by atoms with Gasteiger partial charge in [0.2, 0.25) is 0 Å². The molecule has 128 valence electrons. The molecule has 0 saturated carbocycles. The molecule has 0 amide bonds. The van der Waals surface area contributed by atoms with Crippen LogP contribution in [0.2, 0.25) is 0 Å². The third-order valence-electron chi connectivity index (χ3n) is 4.53. The van der Waals surface area contributed by atoms with Crippen molar-refractivity contribution in [1.29, 1.82) is 0 Å². The van der Waals surface area contributed by atoms with E-state index >= 15 is 0 Å². The molecular weight excluding hydrogens is 320 g/mol. The number of para-hydroxylation sites is 1. The first-order chi connectivity index (χ1) is 12.5. The van der Waals surface area contributed by atoms with E-state index in [4.69, 9.17) is 11.0 Å². The van der Waals surface area contributed by atoms with Gasteiger partial charge in [-0.3, -0.25) is 0 Å². The molecule has 0 spiro atoms. The number of furan rings is 1. The lowest BCUT2D eigenvalue weighted by molar-refractivity contribution is 0.561. The fourth-order valence-electron chi connectivity index (χ4n) is 3.51. The van der Waals surface area contributed by atoms with Crippen molar-refractivity contribution < 1.29 is 4.42 Å². The molecule has 1 aromatic heterocycles. The number of fused-ring (bicyclic) bond motifs is 3. The van der Waals surface area contributed by atoms with Gasteiger partial charge in [0.05, 0.1) is 17.6 Å². The van der Waals surface area contributed by atoms with Crippen molar-refractivity contribution in [3.63, 3.8) is 0 Å². The minimum absolute atomic E-state index is 0.147. The standard InChI is InChI=1S/C23H20N2O/c1-23(2,3)25(17-14-12-16(24-4)13-15-17)19-9-7-11-21-22(19)18-8-5-6-10-20(18)26-21/h5-15H,1-3H3. The van der Waals surface area contributed by atoms with Crippen molar-refractivity contribution in [3.05, 3.63) is 78.1 Å². The minimum Gasteiger partial charge on any atom is -0.456 e. The summed E-state index contributed by atoms with van der Waals surface area (Å²) in [5.74, 6) is 0. The fraction of sp³-hybridized carbons (Fsp3) is 0.174. The highest BCUT2D eigenvalue weighted by Gasteiger charge is 2.26. The Balaban J connectivity index is 2.01. The van der Waals surface area contributed by atoms with Crippen LogP contribution in [-0.4, -0.2) is 5.54 Å². The number of hydrogen-bond acceptors (Lipinski definition) is 2. The van der Waals surface area contributed by atoms with Crippen LogP contribution in [0.1, 0.15) is 20.8 Å². The lowest BCUT2D eigenvalue weighted by atomic mass is 10.0. The lowest BCUT2D eigenvalue weighted by Gasteiger charge is -2.38. The number of nitrogens with zero attached hydrogens (tertiary/aromatic N) is 2. The molecule has 0 unspecified atom stereocenters. The molecule has 1 heterocycles. The van der Waals surface area contributed by atoms with Gasteiger partial charge in [-0.2, -0.15) is 0 Å². The van der Waals surface area contributed by atoms with E-state index in [0.29, 0.717) is 5.69 Å². The van der Waals surface area contributed by atoms with Crippen LogP contribution >= 0.6 is 0 Å². The highest BCUT2D eigenvalue weighted by atomic mass is 16.3. The fourth-order valence-corrected chi connectivity index (χ4v) is 3.51. The first kappa shape index (κ1) is 16.2. The summed E-state index contributed by atoms with van der Waals surface area (Å²) in [6.07, 6.45) is 0. The first-order valence-electron chi connectivity index (χ1n) is 8.67. The molecule has 4 rings (SSSR count). The summed E-state index contributed by atoms with van der Waals surface area (Å²) in [7, 11) is 0. The predicted molar refractivity (Wildman–Crippen MR) is 108 cm³/mol. The summed E-state index contributed by atoms with van der Waals surface area (Å²) in [6, 6.07) is 22.1. The van der Waals surface area contributed by atoms with Crippen LogP contribution in [0.3, 0.4) is 0 Å². The molecule has 0 fully saturated rings. The maximum absolute atomic E-state index is 7.18. The Bertz CT molecular complexity index is 1130. The largest absolute Gasteiger partial charge is 0.456 e. The quantitative estimate of drug-likeness (QED) is 0.364. The number of anilines is 2. The molecule has 0 N–H and O–H groups in total. The van der Waals surface area contributed by atoms with Crippen LogP contribution in [0.25, 0.3) is 26.8 Å². The van der Waals surface area contributed by atoms with Crippen LogP contribution in [0.4, 0.5) is 17.1 Å². The third kappa shape index (κ3) is 2.60. The predicted octanol–water partition coefficient (Wildman–Crippen LogP) is 7.07. The second kappa shape index (κ2) is 5.93. The second-order valence-corrected chi connectivity index (χ2v) is 7.38. The van der Waals surface area contributed by atoms with Crippen molar-refractivity contribution in [2.75, 3.05) is 4.90 Å². The lowest BCUT2D eigenvalue weighted by Crippen LogP contribution is -2.37. The summed E-state index contributed by atoms with van der Waals surface area (Å²) in [5.41, 5.74) is 4.45. The number of benzene rings is 3. The van der Waals surface area contributed by atoms with Crippen molar-refractivity contribution in [2.45, 2.75) is 26.3 Å². The van der Waals surface area contributed by atoms with E-state index in [1.165, 1.54) is 0 Å². The van der Waals surface area contributed by atoms with Crippen LogP contribution in [0, 0.1) is 6.57 Å². The molecule has 0 aliphatic heterocycles. The molecule has 0 saturated heterocycles. The maximum atomic E-state index is 7.18. The normalized spacial score (nSPS) is 11.6. The SMILES string of the molecule is [C-]#[N+]c1ccc(N(c2cccc3oc4ccccc4c23)C(C)(C)C)cc1. The third-order valence-corrected chi connectivity index (χ3v) is 4.53. The summed E-state index contributed by atoms with van der Waals surface area (Å²) in [4.78, 5) is 5.82. The highest BCUT2D eigenvalue weighted by Crippen LogP contribution is 2.42. The van der Waals surface area contributed by atoms with Gasteiger partial charge in [0, 0.05) is 16.6 Å². The summed E-state index contributed by atoms with van der Waals surface area (Å²) >= 11 is 0. The zero-order valence-corrected chi connectivity index (χ0v) is 15.2. The summed E-state index contributed by atoms with van der Waals surface area (Å²) in [6.45, 7) is 13.8. The van der Waals surface area contributed by atoms with Gasteiger partial charge < -0.3 is 9.32 Å². The molecule has 0 atom stereocenters. The summed E-state index contributed by atoms with van der Waals surface area (Å²) < 4.78 is 6.06. The smallest absolute Gasteiger partial charge is 0.187 e.